The van der Waals surface area contributed by atoms with Crippen LogP contribution in [0.3, 0.4) is 0 Å². The van der Waals surface area contributed by atoms with E-state index in [1.807, 2.05) is 25.1 Å². The standard InChI is InChI=1S/C25H21ClN2O4/c1-3-31-18-10-11-22-19(14-18)24(29)20(15-28(22)2)25(30)27-21-13-16(26)9-12-23(21)32-17-7-5-4-6-8-17/h4-15H,3H2,1-2H3,(H,27,30). The second-order valence-electron chi connectivity index (χ2n) is 7.10. The quantitative estimate of drug-likeness (QED) is 0.414. The molecule has 1 aromatic heterocycles. The van der Waals surface area contributed by atoms with Gasteiger partial charge in [-0.05, 0) is 55.5 Å². The van der Waals surface area contributed by atoms with Crippen LogP contribution in [0, 0.1) is 0 Å². The number of anilines is 1. The topological polar surface area (TPSA) is 69.6 Å². The monoisotopic (exact) mass is 448 g/mol. The molecule has 1 heterocycles. The Labute approximate surface area is 190 Å². The number of nitrogens with zero attached hydrogens (tertiary/aromatic N) is 1. The number of fused-ring (bicyclic) bond motifs is 1. The summed E-state index contributed by atoms with van der Waals surface area (Å²) in [5, 5.41) is 3.59. The number of aromatic nitrogens is 1. The normalized spacial score (nSPS) is 10.7. The highest BCUT2D eigenvalue weighted by Gasteiger charge is 2.17. The van der Waals surface area contributed by atoms with E-state index in [9.17, 15) is 9.59 Å². The number of carbonyl (C=O) groups excluding carboxylic acids is 1. The molecular weight excluding hydrogens is 428 g/mol. The largest absolute Gasteiger partial charge is 0.494 e. The molecular formula is C25H21ClN2O4. The number of aryl methyl sites for hydroxylation is 1. The van der Waals surface area contributed by atoms with Gasteiger partial charge in [0.2, 0.25) is 5.43 Å². The van der Waals surface area contributed by atoms with Crippen LogP contribution in [0.2, 0.25) is 5.02 Å². The summed E-state index contributed by atoms with van der Waals surface area (Å²) in [7, 11) is 1.78. The van der Waals surface area contributed by atoms with Crippen molar-refractivity contribution in [3.05, 3.63) is 93.7 Å². The highest BCUT2D eigenvalue weighted by molar-refractivity contribution is 6.31. The molecule has 0 saturated carbocycles. The van der Waals surface area contributed by atoms with E-state index in [4.69, 9.17) is 21.1 Å². The average molecular weight is 449 g/mol. The smallest absolute Gasteiger partial charge is 0.261 e. The zero-order chi connectivity index (χ0) is 22.7. The summed E-state index contributed by atoms with van der Waals surface area (Å²) in [4.78, 5) is 26.2. The number of halogens is 1. The van der Waals surface area contributed by atoms with Crippen LogP contribution in [0.4, 0.5) is 5.69 Å². The lowest BCUT2D eigenvalue weighted by molar-refractivity contribution is 0.102. The van der Waals surface area contributed by atoms with E-state index in [1.165, 1.54) is 6.20 Å². The number of rotatable bonds is 6. The minimum Gasteiger partial charge on any atom is -0.494 e. The first-order valence-electron chi connectivity index (χ1n) is 10.1. The van der Waals surface area contributed by atoms with Crippen LogP contribution >= 0.6 is 11.6 Å². The maximum absolute atomic E-state index is 13.1. The number of ether oxygens (including phenoxy) is 2. The van der Waals surface area contributed by atoms with Crippen molar-refractivity contribution >= 4 is 34.1 Å². The molecule has 1 amide bonds. The minimum absolute atomic E-state index is 0.000662. The lowest BCUT2D eigenvalue weighted by atomic mass is 10.1. The van der Waals surface area contributed by atoms with Gasteiger partial charge in [-0.25, -0.2) is 0 Å². The van der Waals surface area contributed by atoms with Gasteiger partial charge in [-0.3, -0.25) is 9.59 Å². The molecule has 1 N–H and O–H groups in total. The van der Waals surface area contributed by atoms with Crippen LogP contribution in [-0.2, 0) is 7.05 Å². The molecule has 0 atom stereocenters. The van der Waals surface area contributed by atoms with Gasteiger partial charge in [0, 0.05) is 18.3 Å². The van der Waals surface area contributed by atoms with Crippen molar-refractivity contribution in [1.82, 2.24) is 4.57 Å². The SMILES string of the molecule is CCOc1ccc2c(c1)c(=O)c(C(=O)Nc1cc(Cl)ccc1Oc1ccccc1)cn2C. The Morgan fingerprint density at radius 2 is 1.81 bits per heavy atom. The fourth-order valence-corrected chi connectivity index (χ4v) is 3.56. The second kappa shape index (κ2) is 9.16. The summed E-state index contributed by atoms with van der Waals surface area (Å²) in [6.07, 6.45) is 1.52. The fourth-order valence-electron chi connectivity index (χ4n) is 3.38. The zero-order valence-electron chi connectivity index (χ0n) is 17.6. The molecule has 0 aliphatic heterocycles. The molecule has 0 bridgehead atoms. The van der Waals surface area contributed by atoms with E-state index < -0.39 is 5.91 Å². The number of benzene rings is 3. The Morgan fingerprint density at radius 3 is 2.56 bits per heavy atom. The lowest BCUT2D eigenvalue weighted by Gasteiger charge is -2.14. The molecule has 3 aromatic carbocycles. The third-order valence-corrected chi connectivity index (χ3v) is 5.11. The first-order valence-corrected chi connectivity index (χ1v) is 10.4. The van der Waals surface area contributed by atoms with Gasteiger partial charge in [0.05, 0.1) is 23.2 Å². The van der Waals surface area contributed by atoms with Crippen molar-refractivity contribution in [2.45, 2.75) is 6.92 Å². The lowest BCUT2D eigenvalue weighted by Crippen LogP contribution is -2.23. The molecule has 4 aromatic rings. The molecule has 0 spiro atoms. The summed E-state index contributed by atoms with van der Waals surface area (Å²) < 4.78 is 13.1. The molecule has 0 fully saturated rings. The van der Waals surface area contributed by atoms with Gasteiger partial charge in [0.1, 0.15) is 17.1 Å². The maximum atomic E-state index is 13.1. The Kier molecular flexibility index (Phi) is 6.14. The van der Waals surface area contributed by atoms with Gasteiger partial charge >= 0.3 is 0 Å². The van der Waals surface area contributed by atoms with E-state index in [2.05, 4.69) is 5.32 Å². The molecule has 32 heavy (non-hydrogen) atoms. The van der Waals surface area contributed by atoms with Gasteiger partial charge in [-0.2, -0.15) is 0 Å². The van der Waals surface area contributed by atoms with Crippen LogP contribution in [0.15, 0.2) is 77.7 Å². The van der Waals surface area contributed by atoms with Crippen molar-refractivity contribution in [3.63, 3.8) is 0 Å². The van der Waals surface area contributed by atoms with Gasteiger partial charge in [0.15, 0.2) is 5.75 Å². The molecule has 0 radical (unpaired) electrons. The maximum Gasteiger partial charge on any atom is 0.261 e. The van der Waals surface area contributed by atoms with Crippen molar-refractivity contribution < 1.29 is 14.3 Å². The predicted molar refractivity (Wildman–Crippen MR) is 126 cm³/mol. The van der Waals surface area contributed by atoms with Crippen LogP contribution in [0.25, 0.3) is 10.9 Å². The molecule has 162 valence electrons. The summed E-state index contributed by atoms with van der Waals surface area (Å²) >= 11 is 6.14. The highest BCUT2D eigenvalue weighted by Crippen LogP contribution is 2.32. The predicted octanol–water partition coefficient (Wildman–Crippen LogP) is 5.64. The molecule has 7 heteroatoms. The first kappa shape index (κ1) is 21.5. The summed E-state index contributed by atoms with van der Waals surface area (Å²) in [5.74, 6) is 1.03. The summed E-state index contributed by atoms with van der Waals surface area (Å²) in [6.45, 7) is 2.34. The number of carbonyl (C=O) groups is 1. The number of para-hydroxylation sites is 1. The molecule has 0 aliphatic carbocycles. The van der Waals surface area contributed by atoms with Crippen molar-refractivity contribution in [2.24, 2.45) is 7.05 Å². The van der Waals surface area contributed by atoms with E-state index in [0.717, 1.165) is 0 Å². The number of pyridine rings is 1. The zero-order valence-corrected chi connectivity index (χ0v) is 18.3. The van der Waals surface area contributed by atoms with Crippen molar-refractivity contribution in [1.29, 1.82) is 0 Å². The Bertz CT molecular complexity index is 1350. The Balaban J connectivity index is 1.71. The second-order valence-corrected chi connectivity index (χ2v) is 7.54. The minimum atomic E-state index is -0.561. The first-order chi connectivity index (χ1) is 15.5. The Morgan fingerprint density at radius 1 is 1.03 bits per heavy atom. The molecule has 6 nitrogen and oxygen atoms in total. The van der Waals surface area contributed by atoms with E-state index >= 15 is 0 Å². The van der Waals surface area contributed by atoms with Gasteiger partial charge < -0.3 is 19.4 Å². The van der Waals surface area contributed by atoms with E-state index in [1.54, 1.807) is 60.1 Å². The third-order valence-electron chi connectivity index (χ3n) is 4.88. The number of amides is 1. The molecule has 0 aliphatic rings. The van der Waals surface area contributed by atoms with Crippen LogP contribution in [-0.4, -0.2) is 17.1 Å². The fraction of sp³-hybridized carbons (Fsp3) is 0.120. The average Bonchev–Trinajstić information content (AvgIpc) is 2.79. The number of nitrogens with one attached hydrogen (secondary N) is 1. The van der Waals surface area contributed by atoms with E-state index in [-0.39, 0.29) is 11.0 Å². The highest BCUT2D eigenvalue weighted by atomic mass is 35.5. The van der Waals surface area contributed by atoms with Gasteiger partial charge in [-0.15, -0.1) is 0 Å². The Hall–Kier alpha value is -3.77. The van der Waals surface area contributed by atoms with Crippen LogP contribution < -0.4 is 20.2 Å². The molecule has 0 saturated heterocycles. The van der Waals surface area contributed by atoms with Crippen LogP contribution in [0.1, 0.15) is 17.3 Å². The summed E-state index contributed by atoms with van der Waals surface area (Å²) in [6, 6.07) is 19.3. The van der Waals surface area contributed by atoms with Gasteiger partial charge in [-0.1, -0.05) is 29.8 Å². The van der Waals surface area contributed by atoms with Crippen molar-refractivity contribution in [3.8, 4) is 17.2 Å². The number of hydrogen-bond acceptors (Lipinski definition) is 4. The number of hydrogen-bond donors (Lipinski definition) is 1. The van der Waals surface area contributed by atoms with Crippen molar-refractivity contribution in [2.75, 3.05) is 11.9 Å². The van der Waals surface area contributed by atoms with Crippen LogP contribution in [0.5, 0.6) is 17.2 Å². The molecule has 0 unspecified atom stereocenters. The van der Waals surface area contributed by atoms with Gasteiger partial charge in [0.25, 0.3) is 5.91 Å². The summed E-state index contributed by atoms with van der Waals surface area (Å²) in [5.41, 5.74) is 0.673. The third kappa shape index (κ3) is 4.45. The van der Waals surface area contributed by atoms with E-state index in [0.29, 0.717) is 45.5 Å². The molecule has 4 rings (SSSR count).